The molecule has 0 aliphatic carbocycles. The number of carbonyl (C=O) groups is 1. The molecule has 3 N–H and O–H groups in total. The van der Waals surface area contributed by atoms with Crippen LogP contribution in [-0.2, 0) is 13.1 Å². The molecule has 0 radical (unpaired) electrons. The van der Waals surface area contributed by atoms with E-state index in [1.807, 2.05) is 18.3 Å². The topological polar surface area (TPSA) is 101 Å². The molecular weight excluding hydrogens is 306 g/mol. The lowest BCUT2D eigenvalue weighted by Crippen LogP contribution is -2.43. The predicted molar refractivity (Wildman–Crippen MR) is 87.0 cm³/mol. The number of fused-ring (bicyclic) bond motifs is 1. The number of nitrogens with zero attached hydrogens (tertiary/aromatic N) is 4. The SMILES string of the molecule is O=C(NC1CNCc2nccn2C1)c1[nH]ncc1-c1ccncc1. The zero-order valence-electron chi connectivity index (χ0n) is 12.9. The van der Waals surface area contributed by atoms with Crippen LogP contribution in [0.3, 0.4) is 0 Å². The van der Waals surface area contributed by atoms with Crippen LogP contribution in [0, 0.1) is 0 Å². The van der Waals surface area contributed by atoms with Gasteiger partial charge >= 0.3 is 0 Å². The summed E-state index contributed by atoms with van der Waals surface area (Å²) in [5, 5.41) is 13.2. The van der Waals surface area contributed by atoms with Crippen molar-refractivity contribution in [3.63, 3.8) is 0 Å². The molecule has 0 spiro atoms. The molecule has 0 aromatic carbocycles. The highest BCUT2D eigenvalue weighted by Crippen LogP contribution is 2.21. The van der Waals surface area contributed by atoms with E-state index in [1.54, 1.807) is 24.8 Å². The van der Waals surface area contributed by atoms with Gasteiger partial charge in [-0.15, -0.1) is 0 Å². The molecule has 24 heavy (non-hydrogen) atoms. The van der Waals surface area contributed by atoms with Gasteiger partial charge in [0.1, 0.15) is 11.5 Å². The molecule has 8 nitrogen and oxygen atoms in total. The summed E-state index contributed by atoms with van der Waals surface area (Å²) in [5.74, 6) is 0.806. The number of aromatic nitrogens is 5. The number of pyridine rings is 1. The minimum atomic E-state index is -0.172. The molecule has 122 valence electrons. The Labute approximate surface area is 138 Å². The number of rotatable bonds is 3. The lowest BCUT2D eigenvalue weighted by Gasteiger charge is -2.17. The van der Waals surface area contributed by atoms with E-state index in [0.29, 0.717) is 25.3 Å². The summed E-state index contributed by atoms with van der Waals surface area (Å²) in [7, 11) is 0. The van der Waals surface area contributed by atoms with E-state index >= 15 is 0 Å². The molecule has 8 heteroatoms. The van der Waals surface area contributed by atoms with E-state index in [-0.39, 0.29) is 11.9 Å². The van der Waals surface area contributed by atoms with Crippen molar-refractivity contribution in [1.82, 2.24) is 35.4 Å². The van der Waals surface area contributed by atoms with Crippen LogP contribution < -0.4 is 10.6 Å². The fourth-order valence-corrected chi connectivity index (χ4v) is 2.90. The first kappa shape index (κ1) is 14.6. The Morgan fingerprint density at radius 2 is 2.17 bits per heavy atom. The number of amides is 1. The average molecular weight is 323 g/mol. The van der Waals surface area contributed by atoms with Crippen molar-refractivity contribution >= 4 is 5.91 Å². The first-order chi connectivity index (χ1) is 11.8. The smallest absolute Gasteiger partial charge is 0.270 e. The minimum absolute atomic E-state index is 0.0264. The number of H-pyrrole nitrogens is 1. The van der Waals surface area contributed by atoms with Crippen molar-refractivity contribution in [1.29, 1.82) is 0 Å². The second-order valence-electron chi connectivity index (χ2n) is 5.69. The third-order valence-electron chi connectivity index (χ3n) is 4.09. The van der Waals surface area contributed by atoms with Gasteiger partial charge in [0.15, 0.2) is 0 Å². The summed E-state index contributed by atoms with van der Waals surface area (Å²) in [5.41, 5.74) is 2.12. The zero-order valence-corrected chi connectivity index (χ0v) is 12.9. The Kier molecular flexibility index (Phi) is 3.80. The fourth-order valence-electron chi connectivity index (χ4n) is 2.90. The highest BCUT2D eigenvalue weighted by Gasteiger charge is 2.21. The Balaban J connectivity index is 1.52. The summed E-state index contributed by atoms with van der Waals surface area (Å²) in [6, 6.07) is 3.68. The van der Waals surface area contributed by atoms with Crippen molar-refractivity contribution in [3.8, 4) is 11.1 Å². The summed E-state index contributed by atoms with van der Waals surface area (Å²) in [4.78, 5) is 21.0. The Hall–Kier alpha value is -3.00. The van der Waals surface area contributed by atoms with Gasteiger partial charge in [-0.3, -0.25) is 14.9 Å². The van der Waals surface area contributed by atoms with Crippen molar-refractivity contribution in [2.75, 3.05) is 6.54 Å². The highest BCUT2D eigenvalue weighted by molar-refractivity contribution is 5.99. The van der Waals surface area contributed by atoms with Crippen LogP contribution in [0.5, 0.6) is 0 Å². The van der Waals surface area contributed by atoms with E-state index in [1.165, 1.54) is 0 Å². The molecule has 1 aliphatic rings. The Morgan fingerprint density at radius 1 is 1.29 bits per heavy atom. The minimum Gasteiger partial charge on any atom is -0.345 e. The molecule has 4 rings (SSSR count). The van der Waals surface area contributed by atoms with Crippen LogP contribution in [-0.4, -0.2) is 43.2 Å². The lowest BCUT2D eigenvalue weighted by molar-refractivity contribution is 0.0929. The number of nitrogens with one attached hydrogen (secondary N) is 3. The quantitative estimate of drug-likeness (QED) is 0.654. The van der Waals surface area contributed by atoms with Crippen LogP contribution >= 0.6 is 0 Å². The molecule has 0 saturated carbocycles. The van der Waals surface area contributed by atoms with Crippen LogP contribution in [0.25, 0.3) is 11.1 Å². The molecule has 0 saturated heterocycles. The van der Waals surface area contributed by atoms with E-state index in [4.69, 9.17) is 0 Å². The van der Waals surface area contributed by atoms with Crippen LogP contribution in [0.15, 0.2) is 43.1 Å². The Bertz CT molecular complexity index is 839. The summed E-state index contributed by atoms with van der Waals surface area (Å²) in [6.07, 6.45) is 8.75. The van der Waals surface area contributed by atoms with Gasteiger partial charge in [0.05, 0.1) is 18.8 Å². The maximum absolute atomic E-state index is 12.7. The van der Waals surface area contributed by atoms with Gasteiger partial charge in [0.2, 0.25) is 0 Å². The number of imidazole rings is 1. The average Bonchev–Trinajstić information content (AvgIpc) is 3.22. The highest BCUT2D eigenvalue weighted by atomic mass is 16.2. The predicted octanol–water partition coefficient (Wildman–Crippen LogP) is 0.570. The molecule has 3 aromatic heterocycles. The third kappa shape index (κ3) is 2.79. The Morgan fingerprint density at radius 3 is 3.04 bits per heavy atom. The van der Waals surface area contributed by atoms with E-state index < -0.39 is 0 Å². The van der Waals surface area contributed by atoms with Crippen molar-refractivity contribution < 1.29 is 4.79 Å². The first-order valence-electron chi connectivity index (χ1n) is 7.76. The molecular formula is C16H17N7O. The molecule has 0 bridgehead atoms. The molecule has 1 aliphatic heterocycles. The number of hydrogen-bond donors (Lipinski definition) is 3. The van der Waals surface area contributed by atoms with Crippen molar-refractivity contribution in [3.05, 3.63) is 54.6 Å². The van der Waals surface area contributed by atoms with Crippen molar-refractivity contribution in [2.45, 2.75) is 19.1 Å². The molecule has 1 unspecified atom stereocenters. The molecule has 0 fully saturated rings. The second-order valence-corrected chi connectivity index (χ2v) is 5.69. The second kappa shape index (κ2) is 6.25. The number of hydrogen-bond acceptors (Lipinski definition) is 5. The maximum atomic E-state index is 12.7. The molecule has 4 heterocycles. The maximum Gasteiger partial charge on any atom is 0.270 e. The van der Waals surface area contributed by atoms with Gasteiger partial charge < -0.3 is 15.2 Å². The van der Waals surface area contributed by atoms with Gasteiger partial charge in [-0.2, -0.15) is 5.10 Å². The van der Waals surface area contributed by atoms with Crippen LogP contribution in [0.4, 0.5) is 0 Å². The summed E-state index contributed by atoms with van der Waals surface area (Å²) in [6.45, 7) is 2.08. The van der Waals surface area contributed by atoms with Crippen LogP contribution in [0.1, 0.15) is 16.3 Å². The van der Waals surface area contributed by atoms with E-state index in [2.05, 4.69) is 35.4 Å². The third-order valence-corrected chi connectivity index (χ3v) is 4.09. The van der Waals surface area contributed by atoms with Gasteiger partial charge in [-0.1, -0.05) is 0 Å². The normalized spacial score (nSPS) is 17.1. The summed E-state index contributed by atoms with van der Waals surface area (Å²) >= 11 is 0. The largest absolute Gasteiger partial charge is 0.345 e. The van der Waals surface area contributed by atoms with E-state index in [0.717, 1.165) is 17.0 Å². The van der Waals surface area contributed by atoms with Crippen LogP contribution in [0.2, 0.25) is 0 Å². The standard InChI is InChI=1S/C16H17N7O/c24-16(15-13(8-20-22-15)11-1-3-17-4-2-11)21-12-7-18-9-14-19-5-6-23(14)10-12/h1-6,8,12,18H,7,9-10H2,(H,20,22)(H,21,24). The molecule has 1 amide bonds. The molecule has 3 aromatic rings. The van der Waals surface area contributed by atoms with Gasteiger partial charge in [-0.05, 0) is 17.7 Å². The van der Waals surface area contributed by atoms with Gasteiger partial charge in [0.25, 0.3) is 5.91 Å². The lowest BCUT2D eigenvalue weighted by atomic mass is 10.1. The monoisotopic (exact) mass is 323 g/mol. The molecule has 1 atom stereocenters. The summed E-state index contributed by atoms with van der Waals surface area (Å²) < 4.78 is 2.06. The first-order valence-corrected chi connectivity index (χ1v) is 7.76. The van der Waals surface area contributed by atoms with Gasteiger partial charge in [0, 0.05) is 43.4 Å². The fraction of sp³-hybridized carbons (Fsp3) is 0.250. The van der Waals surface area contributed by atoms with E-state index in [9.17, 15) is 4.79 Å². The zero-order chi connectivity index (χ0) is 16.4. The van der Waals surface area contributed by atoms with Crippen molar-refractivity contribution in [2.24, 2.45) is 0 Å². The number of aromatic amines is 1. The van der Waals surface area contributed by atoms with Gasteiger partial charge in [-0.25, -0.2) is 4.98 Å². The number of carbonyl (C=O) groups excluding carboxylic acids is 1.